The molecular weight excluding hydrogens is 318 g/mol. The zero-order valence-corrected chi connectivity index (χ0v) is 14.8. The van der Waals surface area contributed by atoms with E-state index < -0.39 is 5.60 Å². The van der Waals surface area contributed by atoms with Gasteiger partial charge in [0.15, 0.2) is 0 Å². The molecule has 25 heavy (non-hydrogen) atoms. The van der Waals surface area contributed by atoms with Crippen LogP contribution in [0.2, 0.25) is 0 Å². The van der Waals surface area contributed by atoms with Crippen LogP contribution in [-0.4, -0.2) is 71.6 Å². The lowest BCUT2D eigenvalue weighted by molar-refractivity contribution is -0.140. The molecule has 2 N–H and O–H groups in total. The van der Waals surface area contributed by atoms with E-state index in [1.54, 1.807) is 0 Å². The second-order valence-electron chi connectivity index (χ2n) is 7.39. The van der Waals surface area contributed by atoms with Crippen LogP contribution in [0, 0.1) is 5.92 Å². The van der Waals surface area contributed by atoms with Gasteiger partial charge in [-0.25, -0.2) is 0 Å². The fourth-order valence-electron chi connectivity index (χ4n) is 3.65. The van der Waals surface area contributed by atoms with Gasteiger partial charge in [0.05, 0.1) is 18.7 Å². The Balaban J connectivity index is 1.61. The van der Waals surface area contributed by atoms with Crippen LogP contribution in [0.1, 0.15) is 18.9 Å². The summed E-state index contributed by atoms with van der Waals surface area (Å²) in [5, 5.41) is 13.5. The van der Waals surface area contributed by atoms with E-state index in [1.807, 2.05) is 34.9 Å². The molecular formula is C19H27N3O3. The van der Waals surface area contributed by atoms with Crippen LogP contribution in [0.5, 0.6) is 0 Å². The number of likely N-dealkylation sites (tertiary alicyclic amines) is 1. The molecule has 0 spiro atoms. The minimum absolute atomic E-state index is 0.0113. The molecule has 2 amide bonds. The van der Waals surface area contributed by atoms with Crippen molar-refractivity contribution in [1.82, 2.24) is 15.1 Å². The molecule has 0 aliphatic carbocycles. The largest absolute Gasteiger partial charge is 0.390 e. The standard InChI is InChI=1S/C19H27N3O3/c1-19(25)7-9-22(12-16(19)11-15-5-3-2-4-6-15)18(24)14-21-10-8-20-17(23)13-21/h2-6,16,25H,7-14H2,1H3,(H,20,23)/t16-,19+/m0/s1. The molecule has 6 nitrogen and oxygen atoms in total. The van der Waals surface area contributed by atoms with Crippen LogP contribution in [0.15, 0.2) is 30.3 Å². The zero-order chi connectivity index (χ0) is 17.9. The number of carbonyl (C=O) groups excluding carboxylic acids is 2. The van der Waals surface area contributed by atoms with Crippen LogP contribution in [-0.2, 0) is 16.0 Å². The average Bonchev–Trinajstić information content (AvgIpc) is 2.57. The van der Waals surface area contributed by atoms with Gasteiger partial charge in [0.25, 0.3) is 0 Å². The van der Waals surface area contributed by atoms with E-state index in [0.717, 1.165) is 6.42 Å². The molecule has 2 saturated heterocycles. The summed E-state index contributed by atoms with van der Waals surface area (Å²) in [6.45, 7) is 4.85. The number of piperidine rings is 1. The SMILES string of the molecule is C[C@@]1(O)CCN(C(=O)CN2CCNC(=O)C2)C[C@@H]1Cc1ccccc1. The van der Waals surface area contributed by atoms with Crippen LogP contribution in [0.4, 0.5) is 0 Å². The molecule has 0 aromatic heterocycles. The normalized spacial score (nSPS) is 27.8. The number of nitrogens with one attached hydrogen (secondary N) is 1. The molecule has 0 unspecified atom stereocenters. The number of hydrogen-bond donors (Lipinski definition) is 2. The number of benzene rings is 1. The van der Waals surface area contributed by atoms with E-state index in [2.05, 4.69) is 17.4 Å². The number of amides is 2. The molecule has 2 aliphatic heterocycles. The van der Waals surface area contributed by atoms with Crippen molar-refractivity contribution in [2.45, 2.75) is 25.4 Å². The Hall–Kier alpha value is -1.92. The maximum Gasteiger partial charge on any atom is 0.236 e. The first-order chi connectivity index (χ1) is 11.9. The van der Waals surface area contributed by atoms with Crippen LogP contribution in [0.25, 0.3) is 0 Å². The fourth-order valence-corrected chi connectivity index (χ4v) is 3.65. The van der Waals surface area contributed by atoms with Crippen molar-refractivity contribution in [3.8, 4) is 0 Å². The highest BCUT2D eigenvalue weighted by Gasteiger charge is 2.39. The van der Waals surface area contributed by atoms with Gasteiger partial charge < -0.3 is 15.3 Å². The minimum Gasteiger partial charge on any atom is -0.390 e. The Morgan fingerprint density at radius 3 is 2.80 bits per heavy atom. The van der Waals surface area contributed by atoms with E-state index in [9.17, 15) is 14.7 Å². The Kier molecular flexibility index (Phi) is 5.39. The van der Waals surface area contributed by atoms with Gasteiger partial charge in [-0.3, -0.25) is 14.5 Å². The lowest BCUT2D eigenvalue weighted by Gasteiger charge is -2.43. The molecule has 2 atom stereocenters. The summed E-state index contributed by atoms with van der Waals surface area (Å²) in [6, 6.07) is 10.1. The third-order valence-corrected chi connectivity index (χ3v) is 5.36. The molecule has 136 valence electrons. The molecule has 3 rings (SSSR count). The molecule has 2 heterocycles. The van der Waals surface area contributed by atoms with Crippen LogP contribution in [0.3, 0.4) is 0 Å². The first kappa shape index (κ1) is 17.9. The van der Waals surface area contributed by atoms with Gasteiger partial charge in [-0.05, 0) is 25.3 Å². The van der Waals surface area contributed by atoms with E-state index in [4.69, 9.17) is 0 Å². The van der Waals surface area contributed by atoms with Gasteiger partial charge >= 0.3 is 0 Å². The van der Waals surface area contributed by atoms with Crippen molar-refractivity contribution in [3.05, 3.63) is 35.9 Å². The number of aliphatic hydroxyl groups is 1. The maximum atomic E-state index is 12.7. The third kappa shape index (κ3) is 4.58. The molecule has 1 aromatic rings. The van der Waals surface area contributed by atoms with Gasteiger partial charge in [-0.1, -0.05) is 30.3 Å². The first-order valence-electron chi connectivity index (χ1n) is 8.97. The summed E-state index contributed by atoms with van der Waals surface area (Å²) in [5.74, 6) is 0.0306. The lowest BCUT2D eigenvalue weighted by Crippen LogP contribution is -2.56. The average molecular weight is 345 g/mol. The van der Waals surface area contributed by atoms with Crippen LogP contribution < -0.4 is 5.32 Å². The molecule has 2 aliphatic rings. The first-order valence-corrected chi connectivity index (χ1v) is 8.97. The van der Waals surface area contributed by atoms with E-state index in [1.165, 1.54) is 5.56 Å². The second kappa shape index (κ2) is 7.54. The van der Waals surface area contributed by atoms with Crippen molar-refractivity contribution >= 4 is 11.8 Å². The fraction of sp³-hybridized carbons (Fsp3) is 0.579. The molecule has 0 radical (unpaired) electrons. The van der Waals surface area contributed by atoms with Crippen molar-refractivity contribution in [2.75, 3.05) is 39.3 Å². The summed E-state index contributed by atoms with van der Waals surface area (Å²) in [7, 11) is 0. The number of hydrogen-bond acceptors (Lipinski definition) is 4. The quantitative estimate of drug-likeness (QED) is 0.821. The van der Waals surface area contributed by atoms with Gasteiger partial charge in [-0.15, -0.1) is 0 Å². The third-order valence-electron chi connectivity index (χ3n) is 5.36. The van der Waals surface area contributed by atoms with Crippen molar-refractivity contribution < 1.29 is 14.7 Å². The van der Waals surface area contributed by atoms with Gasteiger partial charge in [0, 0.05) is 32.1 Å². The number of carbonyl (C=O) groups is 2. The predicted molar refractivity (Wildman–Crippen MR) is 94.9 cm³/mol. The summed E-state index contributed by atoms with van der Waals surface area (Å²) < 4.78 is 0. The van der Waals surface area contributed by atoms with Crippen LogP contribution >= 0.6 is 0 Å². The highest BCUT2D eigenvalue weighted by molar-refractivity contribution is 5.82. The van der Waals surface area contributed by atoms with Gasteiger partial charge in [-0.2, -0.15) is 0 Å². The van der Waals surface area contributed by atoms with E-state index in [-0.39, 0.29) is 30.8 Å². The van der Waals surface area contributed by atoms with Crippen molar-refractivity contribution in [3.63, 3.8) is 0 Å². The highest BCUT2D eigenvalue weighted by atomic mass is 16.3. The Morgan fingerprint density at radius 2 is 2.08 bits per heavy atom. The summed E-state index contributed by atoms with van der Waals surface area (Å²) >= 11 is 0. The number of rotatable bonds is 4. The monoisotopic (exact) mass is 345 g/mol. The summed E-state index contributed by atoms with van der Waals surface area (Å²) in [4.78, 5) is 27.8. The Morgan fingerprint density at radius 1 is 1.32 bits per heavy atom. The minimum atomic E-state index is -0.766. The van der Waals surface area contributed by atoms with Crippen molar-refractivity contribution in [1.29, 1.82) is 0 Å². The Bertz CT molecular complexity index is 618. The van der Waals surface area contributed by atoms with E-state index in [0.29, 0.717) is 32.6 Å². The molecule has 2 fully saturated rings. The van der Waals surface area contributed by atoms with Gasteiger partial charge in [0.2, 0.25) is 11.8 Å². The number of nitrogens with zero attached hydrogens (tertiary/aromatic N) is 2. The second-order valence-corrected chi connectivity index (χ2v) is 7.39. The smallest absolute Gasteiger partial charge is 0.236 e. The number of piperazine rings is 1. The predicted octanol–water partition coefficient (Wildman–Crippen LogP) is 0.260. The summed E-state index contributed by atoms with van der Waals surface area (Å²) in [6.07, 6.45) is 1.33. The highest BCUT2D eigenvalue weighted by Crippen LogP contribution is 2.30. The van der Waals surface area contributed by atoms with Gasteiger partial charge in [0.1, 0.15) is 0 Å². The maximum absolute atomic E-state index is 12.7. The zero-order valence-electron chi connectivity index (χ0n) is 14.8. The van der Waals surface area contributed by atoms with E-state index >= 15 is 0 Å². The molecule has 1 aromatic carbocycles. The lowest BCUT2D eigenvalue weighted by atomic mass is 9.79. The molecule has 0 bridgehead atoms. The van der Waals surface area contributed by atoms with Crippen molar-refractivity contribution in [2.24, 2.45) is 5.92 Å². The molecule has 0 saturated carbocycles. The Labute approximate surface area is 148 Å². The molecule has 6 heteroatoms. The summed E-state index contributed by atoms with van der Waals surface area (Å²) in [5.41, 5.74) is 0.409. The topological polar surface area (TPSA) is 72.9 Å².